The molecule has 0 saturated heterocycles. The summed E-state index contributed by atoms with van der Waals surface area (Å²) in [5.41, 5.74) is 6.32. The fraction of sp³-hybridized carbons (Fsp3) is 0.0909. The fourth-order valence-electron chi connectivity index (χ4n) is 1.42. The van der Waals surface area contributed by atoms with Crippen LogP contribution < -0.4 is 11.3 Å². The van der Waals surface area contributed by atoms with Crippen LogP contribution >= 0.6 is 23.2 Å². The monoisotopic (exact) mass is 269 g/mol. The molecule has 4 nitrogen and oxygen atoms in total. The summed E-state index contributed by atoms with van der Waals surface area (Å²) in [6.45, 7) is 0.197. The lowest BCUT2D eigenvalue weighted by atomic mass is 10.2. The van der Waals surface area contributed by atoms with Gasteiger partial charge in [0.2, 0.25) is 0 Å². The SMILES string of the molecule is NCc1cc(=O)[nH]c(-c2ccc(Cl)cc2Cl)n1. The van der Waals surface area contributed by atoms with E-state index in [9.17, 15) is 4.79 Å². The second kappa shape index (κ2) is 4.87. The first kappa shape index (κ1) is 12.1. The molecule has 1 aromatic heterocycles. The van der Waals surface area contributed by atoms with Crippen molar-refractivity contribution in [1.29, 1.82) is 0 Å². The van der Waals surface area contributed by atoms with Crippen LogP contribution in [0.2, 0.25) is 10.0 Å². The lowest BCUT2D eigenvalue weighted by Crippen LogP contribution is -2.12. The van der Waals surface area contributed by atoms with Crippen molar-refractivity contribution in [2.75, 3.05) is 0 Å². The van der Waals surface area contributed by atoms with E-state index in [0.717, 1.165) is 0 Å². The molecule has 0 amide bonds. The summed E-state index contributed by atoms with van der Waals surface area (Å²) < 4.78 is 0. The molecule has 0 aliphatic carbocycles. The normalized spacial score (nSPS) is 10.5. The second-order valence-corrected chi connectivity index (χ2v) is 4.26. The molecule has 3 N–H and O–H groups in total. The van der Waals surface area contributed by atoms with Crippen molar-refractivity contribution in [3.8, 4) is 11.4 Å². The second-order valence-electron chi connectivity index (χ2n) is 3.41. The Morgan fingerprint density at radius 1 is 1.29 bits per heavy atom. The van der Waals surface area contributed by atoms with Crippen LogP contribution in [0.3, 0.4) is 0 Å². The number of benzene rings is 1. The van der Waals surface area contributed by atoms with Crippen molar-refractivity contribution in [1.82, 2.24) is 9.97 Å². The van der Waals surface area contributed by atoms with E-state index in [1.54, 1.807) is 18.2 Å². The van der Waals surface area contributed by atoms with Gasteiger partial charge in [0.25, 0.3) is 5.56 Å². The Morgan fingerprint density at radius 3 is 2.71 bits per heavy atom. The third-order valence-electron chi connectivity index (χ3n) is 2.19. The molecule has 0 spiro atoms. The molecule has 1 heterocycles. The molecule has 0 aliphatic heterocycles. The molecule has 1 aromatic carbocycles. The van der Waals surface area contributed by atoms with E-state index in [0.29, 0.717) is 27.1 Å². The van der Waals surface area contributed by atoms with Gasteiger partial charge in [0.15, 0.2) is 0 Å². The summed E-state index contributed by atoms with van der Waals surface area (Å²) in [6, 6.07) is 6.32. The lowest BCUT2D eigenvalue weighted by molar-refractivity contribution is 0.956. The van der Waals surface area contributed by atoms with Gasteiger partial charge in [-0.15, -0.1) is 0 Å². The molecule has 2 rings (SSSR count). The van der Waals surface area contributed by atoms with Gasteiger partial charge in [0.1, 0.15) is 5.82 Å². The van der Waals surface area contributed by atoms with Gasteiger partial charge in [-0.25, -0.2) is 4.98 Å². The van der Waals surface area contributed by atoms with Crippen molar-refractivity contribution in [3.05, 3.63) is 50.4 Å². The number of nitrogens with two attached hydrogens (primary N) is 1. The third-order valence-corrected chi connectivity index (χ3v) is 2.74. The van der Waals surface area contributed by atoms with Gasteiger partial charge in [0, 0.05) is 23.2 Å². The largest absolute Gasteiger partial charge is 0.325 e. The van der Waals surface area contributed by atoms with Crippen LogP contribution in [-0.2, 0) is 6.54 Å². The summed E-state index contributed by atoms with van der Waals surface area (Å²) in [5, 5.41) is 0.950. The average Bonchev–Trinajstić information content (AvgIpc) is 2.28. The third kappa shape index (κ3) is 2.66. The van der Waals surface area contributed by atoms with E-state index in [1.165, 1.54) is 6.07 Å². The Morgan fingerprint density at radius 2 is 2.06 bits per heavy atom. The first-order chi connectivity index (χ1) is 8.10. The molecule has 0 aliphatic rings. The number of aromatic nitrogens is 2. The molecule has 17 heavy (non-hydrogen) atoms. The van der Waals surface area contributed by atoms with Crippen molar-refractivity contribution < 1.29 is 0 Å². The molecule has 0 saturated carbocycles. The van der Waals surface area contributed by atoms with Gasteiger partial charge in [-0.05, 0) is 18.2 Å². The quantitative estimate of drug-likeness (QED) is 0.878. The first-order valence-electron chi connectivity index (χ1n) is 4.86. The molecule has 0 radical (unpaired) electrons. The smallest absolute Gasteiger partial charge is 0.251 e. The summed E-state index contributed by atoms with van der Waals surface area (Å²) in [4.78, 5) is 18.2. The van der Waals surface area contributed by atoms with Crippen LogP contribution in [0.15, 0.2) is 29.1 Å². The Hall–Kier alpha value is -1.36. The molecule has 0 unspecified atom stereocenters. The average molecular weight is 270 g/mol. The molecular formula is C11H9Cl2N3O. The zero-order valence-electron chi connectivity index (χ0n) is 8.71. The van der Waals surface area contributed by atoms with Gasteiger partial charge < -0.3 is 10.7 Å². The number of rotatable bonds is 2. The van der Waals surface area contributed by atoms with E-state index in [2.05, 4.69) is 9.97 Å². The standard InChI is InChI=1S/C11H9Cl2N3O/c12-6-1-2-8(9(13)3-6)11-15-7(5-14)4-10(17)16-11/h1-4H,5,14H2,(H,15,16,17). The highest BCUT2D eigenvalue weighted by molar-refractivity contribution is 6.36. The van der Waals surface area contributed by atoms with Gasteiger partial charge in [-0.3, -0.25) is 4.79 Å². The van der Waals surface area contributed by atoms with E-state index < -0.39 is 0 Å². The maximum absolute atomic E-state index is 11.4. The van der Waals surface area contributed by atoms with Crippen LogP contribution in [0.1, 0.15) is 5.69 Å². The van der Waals surface area contributed by atoms with Crippen LogP contribution in [0.25, 0.3) is 11.4 Å². The Kier molecular flexibility index (Phi) is 3.47. The number of nitrogens with zero attached hydrogens (tertiary/aromatic N) is 1. The first-order valence-corrected chi connectivity index (χ1v) is 5.61. The fourth-order valence-corrected chi connectivity index (χ4v) is 1.92. The van der Waals surface area contributed by atoms with Crippen LogP contribution in [-0.4, -0.2) is 9.97 Å². The summed E-state index contributed by atoms with van der Waals surface area (Å²) in [6.07, 6.45) is 0. The zero-order chi connectivity index (χ0) is 12.4. The molecule has 6 heteroatoms. The Labute approximate surface area is 107 Å². The molecule has 0 fully saturated rings. The highest BCUT2D eigenvalue weighted by atomic mass is 35.5. The number of halogens is 2. The number of aromatic amines is 1. The molecular weight excluding hydrogens is 261 g/mol. The topological polar surface area (TPSA) is 71.8 Å². The number of hydrogen-bond donors (Lipinski definition) is 2. The van der Waals surface area contributed by atoms with Crippen molar-refractivity contribution in [3.63, 3.8) is 0 Å². The highest BCUT2D eigenvalue weighted by Crippen LogP contribution is 2.27. The minimum Gasteiger partial charge on any atom is -0.325 e. The number of H-pyrrole nitrogens is 1. The maximum Gasteiger partial charge on any atom is 0.251 e. The maximum atomic E-state index is 11.4. The van der Waals surface area contributed by atoms with Gasteiger partial charge >= 0.3 is 0 Å². The van der Waals surface area contributed by atoms with Crippen LogP contribution in [0.4, 0.5) is 0 Å². The highest BCUT2D eigenvalue weighted by Gasteiger charge is 2.08. The summed E-state index contributed by atoms with van der Waals surface area (Å²) in [7, 11) is 0. The van der Waals surface area contributed by atoms with Gasteiger partial charge in [0.05, 0.1) is 10.7 Å². The van der Waals surface area contributed by atoms with E-state index in [1.807, 2.05) is 0 Å². The molecule has 2 aromatic rings. The minimum absolute atomic E-state index is 0.197. The van der Waals surface area contributed by atoms with Gasteiger partial charge in [-0.2, -0.15) is 0 Å². The molecule has 0 bridgehead atoms. The molecule has 88 valence electrons. The number of nitrogens with one attached hydrogen (secondary N) is 1. The Bertz CT molecular complexity index is 610. The molecule has 0 atom stereocenters. The van der Waals surface area contributed by atoms with Crippen molar-refractivity contribution in [2.45, 2.75) is 6.54 Å². The van der Waals surface area contributed by atoms with Crippen molar-refractivity contribution >= 4 is 23.2 Å². The summed E-state index contributed by atoms with van der Waals surface area (Å²) in [5.74, 6) is 0.389. The van der Waals surface area contributed by atoms with E-state index in [-0.39, 0.29) is 12.1 Å². The predicted octanol–water partition coefficient (Wildman–Crippen LogP) is 2.20. The van der Waals surface area contributed by atoms with E-state index in [4.69, 9.17) is 28.9 Å². The zero-order valence-corrected chi connectivity index (χ0v) is 10.2. The van der Waals surface area contributed by atoms with E-state index >= 15 is 0 Å². The minimum atomic E-state index is -0.263. The van der Waals surface area contributed by atoms with Crippen molar-refractivity contribution in [2.24, 2.45) is 5.73 Å². The lowest BCUT2D eigenvalue weighted by Gasteiger charge is -2.05. The number of hydrogen-bond acceptors (Lipinski definition) is 3. The van der Waals surface area contributed by atoms with Crippen LogP contribution in [0.5, 0.6) is 0 Å². The van der Waals surface area contributed by atoms with Crippen LogP contribution in [0, 0.1) is 0 Å². The predicted molar refractivity (Wildman–Crippen MR) is 68.2 cm³/mol. The van der Waals surface area contributed by atoms with Gasteiger partial charge in [-0.1, -0.05) is 23.2 Å². The Balaban J connectivity index is 2.60. The summed E-state index contributed by atoms with van der Waals surface area (Å²) >= 11 is 11.8.